The van der Waals surface area contributed by atoms with Crippen LogP contribution >= 0.6 is 12.2 Å². The van der Waals surface area contributed by atoms with Gasteiger partial charge in [-0.15, -0.1) is 0 Å². The zero-order chi connectivity index (χ0) is 15.0. The van der Waals surface area contributed by atoms with Gasteiger partial charge in [-0.05, 0) is 30.8 Å². The van der Waals surface area contributed by atoms with E-state index in [1.165, 1.54) is 0 Å². The minimum Gasteiger partial charge on any atom is -0.393 e. The quantitative estimate of drug-likeness (QED) is 0.715. The molecular formula is C15H23N3OS. The molecule has 0 unspecified atom stereocenters. The normalized spacial score (nSPS) is 10.6. The average Bonchev–Trinajstić information content (AvgIpc) is 2.43. The van der Waals surface area contributed by atoms with Gasteiger partial charge >= 0.3 is 0 Å². The Morgan fingerprint density at radius 2 is 2.05 bits per heavy atom. The largest absolute Gasteiger partial charge is 0.393 e. The van der Waals surface area contributed by atoms with Crippen molar-refractivity contribution in [2.75, 3.05) is 26.2 Å². The monoisotopic (exact) mass is 293 g/mol. The molecule has 0 radical (unpaired) electrons. The molecule has 0 spiro atoms. The predicted octanol–water partition coefficient (Wildman–Crippen LogP) is 1.59. The highest BCUT2D eigenvalue weighted by atomic mass is 32.1. The molecule has 0 saturated carbocycles. The van der Waals surface area contributed by atoms with Crippen LogP contribution in [0.25, 0.3) is 0 Å². The number of rotatable bonds is 8. The molecule has 0 aliphatic heterocycles. The van der Waals surface area contributed by atoms with Crippen molar-refractivity contribution in [3.05, 3.63) is 35.4 Å². The first-order chi connectivity index (χ1) is 9.56. The fourth-order valence-electron chi connectivity index (χ4n) is 1.99. The molecular weight excluding hydrogens is 270 g/mol. The third-order valence-corrected chi connectivity index (χ3v) is 3.32. The summed E-state index contributed by atoms with van der Waals surface area (Å²) in [4.78, 5) is 14.7. The lowest BCUT2D eigenvalue weighted by Crippen LogP contribution is -2.34. The first kappa shape index (κ1) is 16.6. The SMILES string of the molecule is CCN(CC)CCNC(=O)c1cccc(CC(N)=S)c1. The zero-order valence-corrected chi connectivity index (χ0v) is 13.0. The Labute approximate surface area is 126 Å². The Morgan fingerprint density at radius 1 is 1.35 bits per heavy atom. The van der Waals surface area contributed by atoms with Gasteiger partial charge in [0, 0.05) is 25.1 Å². The first-order valence-electron chi connectivity index (χ1n) is 6.94. The second kappa shape index (κ2) is 8.66. The van der Waals surface area contributed by atoms with Gasteiger partial charge < -0.3 is 16.0 Å². The number of hydrogen-bond donors (Lipinski definition) is 2. The molecule has 5 heteroatoms. The van der Waals surface area contributed by atoms with E-state index >= 15 is 0 Å². The standard InChI is InChI=1S/C15H23N3OS/c1-3-18(4-2)9-8-17-15(19)13-7-5-6-12(10-13)11-14(16)20/h5-7,10H,3-4,8-9,11H2,1-2H3,(H2,16,20)(H,17,19). The summed E-state index contributed by atoms with van der Waals surface area (Å²) in [5, 5.41) is 2.93. The van der Waals surface area contributed by atoms with Gasteiger partial charge in [-0.25, -0.2) is 0 Å². The van der Waals surface area contributed by atoms with Crippen molar-refractivity contribution in [2.24, 2.45) is 5.73 Å². The Bertz CT molecular complexity index is 458. The van der Waals surface area contributed by atoms with Crippen molar-refractivity contribution in [3.63, 3.8) is 0 Å². The fourth-order valence-corrected chi connectivity index (χ4v) is 2.16. The zero-order valence-electron chi connectivity index (χ0n) is 12.2. The summed E-state index contributed by atoms with van der Waals surface area (Å²) in [6.07, 6.45) is 0.524. The number of likely N-dealkylation sites (N-methyl/N-ethyl adjacent to an activating group) is 1. The first-order valence-corrected chi connectivity index (χ1v) is 7.35. The summed E-state index contributed by atoms with van der Waals surface area (Å²) in [6, 6.07) is 7.42. The average molecular weight is 293 g/mol. The molecule has 3 N–H and O–H groups in total. The van der Waals surface area contributed by atoms with E-state index in [-0.39, 0.29) is 5.91 Å². The summed E-state index contributed by atoms with van der Waals surface area (Å²) in [5.41, 5.74) is 7.14. The highest BCUT2D eigenvalue weighted by molar-refractivity contribution is 7.80. The fraction of sp³-hybridized carbons (Fsp3) is 0.467. The second-order valence-corrected chi connectivity index (χ2v) is 5.15. The van der Waals surface area contributed by atoms with E-state index in [2.05, 4.69) is 24.1 Å². The van der Waals surface area contributed by atoms with E-state index in [1.807, 2.05) is 18.2 Å². The summed E-state index contributed by atoms with van der Waals surface area (Å²) in [5.74, 6) is -0.0538. The molecule has 4 nitrogen and oxygen atoms in total. The van der Waals surface area contributed by atoms with Crippen LogP contribution in [-0.2, 0) is 6.42 Å². The minimum atomic E-state index is -0.0538. The molecule has 0 aliphatic rings. The molecule has 0 saturated heterocycles. The smallest absolute Gasteiger partial charge is 0.251 e. The number of thiocarbonyl (C=S) groups is 1. The van der Waals surface area contributed by atoms with Gasteiger partial charge in [-0.2, -0.15) is 0 Å². The van der Waals surface area contributed by atoms with Crippen molar-refractivity contribution in [3.8, 4) is 0 Å². The van der Waals surface area contributed by atoms with Crippen LogP contribution in [0.5, 0.6) is 0 Å². The van der Waals surface area contributed by atoms with Crippen molar-refractivity contribution >= 4 is 23.1 Å². The number of benzene rings is 1. The molecule has 1 amide bonds. The van der Waals surface area contributed by atoms with Crippen LogP contribution < -0.4 is 11.1 Å². The number of hydrogen-bond acceptors (Lipinski definition) is 3. The number of nitrogens with one attached hydrogen (secondary N) is 1. The number of nitrogens with two attached hydrogens (primary N) is 1. The predicted molar refractivity (Wildman–Crippen MR) is 87.1 cm³/mol. The molecule has 0 heterocycles. The van der Waals surface area contributed by atoms with E-state index < -0.39 is 0 Å². The van der Waals surface area contributed by atoms with Gasteiger partial charge in [0.25, 0.3) is 5.91 Å². The Balaban J connectivity index is 2.52. The van der Waals surface area contributed by atoms with Crippen LogP contribution in [0.15, 0.2) is 24.3 Å². The Hall–Kier alpha value is -1.46. The van der Waals surface area contributed by atoms with E-state index in [1.54, 1.807) is 6.07 Å². The second-order valence-electron chi connectivity index (χ2n) is 4.63. The van der Waals surface area contributed by atoms with E-state index in [0.29, 0.717) is 23.5 Å². The van der Waals surface area contributed by atoms with Crippen molar-refractivity contribution in [1.82, 2.24) is 10.2 Å². The number of carbonyl (C=O) groups excluding carboxylic acids is 1. The van der Waals surface area contributed by atoms with E-state index in [0.717, 1.165) is 25.2 Å². The van der Waals surface area contributed by atoms with E-state index in [4.69, 9.17) is 18.0 Å². The van der Waals surface area contributed by atoms with E-state index in [9.17, 15) is 4.79 Å². The van der Waals surface area contributed by atoms with Crippen LogP contribution in [0.4, 0.5) is 0 Å². The lowest BCUT2D eigenvalue weighted by molar-refractivity contribution is 0.0949. The molecule has 20 heavy (non-hydrogen) atoms. The molecule has 0 fully saturated rings. The number of nitrogens with zero attached hydrogens (tertiary/aromatic N) is 1. The minimum absolute atomic E-state index is 0.0538. The number of carbonyl (C=O) groups is 1. The van der Waals surface area contributed by atoms with Crippen molar-refractivity contribution in [2.45, 2.75) is 20.3 Å². The maximum absolute atomic E-state index is 12.0. The Morgan fingerprint density at radius 3 is 2.65 bits per heavy atom. The molecule has 0 aromatic heterocycles. The van der Waals surface area contributed by atoms with Gasteiger partial charge in [-0.3, -0.25) is 4.79 Å². The van der Waals surface area contributed by atoms with Gasteiger partial charge in [0.15, 0.2) is 0 Å². The molecule has 0 bridgehead atoms. The lowest BCUT2D eigenvalue weighted by atomic mass is 10.1. The topological polar surface area (TPSA) is 58.4 Å². The lowest BCUT2D eigenvalue weighted by Gasteiger charge is -2.18. The molecule has 1 rings (SSSR count). The van der Waals surface area contributed by atoms with Crippen LogP contribution in [0.1, 0.15) is 29.8 Å². The third-order valence-electron chi connectivity index (χ3n) is 3.18. The Kier molecular flexibility index (Phi) is 7.18. The summed E-state index contributed by atoms with van der Waals surface area (Å²) in [7, 11) is 0. The number of amides is 1. The third kappa shape index (κ3) is 5.67. The summed E-state index contributed by atoms with van der Waals surface area (Å²) >= 11 is 4.88. The highest BCUT2D eigenvalue weighted by Crippen LogP contribution is 2.06. The van der Waals surface area contributed by atoms with Crippen LogP contribution in [-0.4, -0.2) is 42.0 Å². The molecule has 0 atom stereocenters. The van der Waals surface area contributed by atoms with Gasteiger partial charge in [0.2, 0.25) is 0 Å². The molecule has 1 aromatic rings. The molecule has 1 aromatic carbocycles. The van der Waals surface area contributed by atoms with Crippen LogP contribution in [0.3, 0.4) is 0 Å². The van der Waals surface area contributed by atoms with Crippen molar-refractivity contribution < 1.29 is 4.79 Å². The van der Waals surface area contributed by atoms with Gasteiger partial charge in [0.1, 0.15) is 0 Å². The van der Waals surface area contributed by atoms with Crippen LogP contribution in [0.2, 0.25) is 0 Å². The van der Waals surface area contributed by atoms with Gasteiger partial charge in [0.05, 0.1) is 4.99 Å². The molecule has 0 aliphatic carbocycles. The highest BCUT2D eigenvalue weighted by Gasteiger charge is 2.07. The van der Waals surface area contributed by atoms with Gasteiger partial charge in [-0.1, -0.05) is 38.2 Å². The summed E-state index contributed by atoms with van der Waals surface area (Å²) in [6.45, 7) is 7.74. The van der Waals surface area contributed by atoms with Crippen molar-refractivity contribution in [1.29, 1.82) is 0 Å². The maximum atomic E-state index is 12.0. The maximum Gasteiger partial charge on any atom is 0.251 e. The van der Waals surface area contributed by atoms with Crippen LogP contribution in [0, 0.1) is 0 Å². The molecule has 110 valence electrons. The summed E-state index contributed by atoms with van der Waals surface area (Å²) < 4.78 is 0.